The second kappa shape index (κ2) is 10.1. The van der Waals surface area contributed by atoms with Gasteiger partial charge >= 0.3 is 5.97 Å². The Labute approximate surface area is 180 Å². The van der Waals surface area contributed by atoms with E-state index in [1.54, 1.807) is 20.8 Å². The van der Waals surface area contributed by atoms with Gasteiger partial charge in [0.25, 0.3) is 11.6 Å². The zero-order valence-electron chi connectivity index (χ0n) is 17.3. The van der Waals surface area contributed by atoms with E-state index in [0.29, 0.717) is 18.7 Å². The van der Waals surface area contributed by atoms with Gasteiger partial charge in [-0.2, -0.15) is 4.31 Å². The topological polar surface area (TPSA) is 136 Å². The Morgan fingerprint density at radius 3 is 2.26 bits per heavy atom. The minimum Gasteiger partial charge on any atom is -0.452 e. The summed E-state index contributed by atoms with van der Waals surface area (Å²) in [4.78, 5) is 34.6. The number of hydrogen-bond donors (Lipinski definition) is 1. The molecule has 0 aliphatic rings. The Bertz CT molecular complexity index is 1080. The lowest BCUT2D eigenvalue weighted by Gasteiger charge is -2.18. The summed E-state index contributed by atoms with van der Waals surface area (Å²) in [6, 6.07) is 9.42. The highest BCUT2D eigenvalue weighted by Crippen LogP contribution is 2.22. The number of hydrogen-bond acceptors (Lipinski definition) is 7. The molecule has 11 heteroatoms. The molecule has 0 saturated carbocycles. The molecule has 1 N–H and O–H groups in total. The highest BCUT2D eigenvalue weighted by atomic mass is 32.2. The van der Waals surface area contributed by atoms with Crippen molar-refractivity contribution in [3.63, 3.8) is 0 Å². The van der Waals surface area contributed by atoms with Crippen LogP contribution in [-0.2, 0) is 19.6 Å². The van der Waals surface area contributed by atoms with E-state index in [4.69, 9.17) is 4.74 Å². The van der Waals surface area contributed by atoms with Crippen LogP contribution in [0.15, 0.2) is 47.4 Å². The molecule has 1 amide bonds. The van der Waals surface area contributed by atoms with E-state index >= 15 is 0 Å². The first-order chi connectivity index (χ1) is 14.6. The van der Waals surface area contributed by atoms with Crippen molar-refractivity contribution in [3.05, 3.63) is 63.7 Å². The average molecular weight is 449 g/mol. The van der Waals surface area contributed by atoms with Crippen molar-refractivity contribution in [2.75, 3.05) is 25.0 Å². The van der Waals surface area contributed by atoms with Crippen molar-refractivity contribution in [3.8, 4) is 0 Å². The number of benzene rings is 2. The first-order valence-electron chi connectivity index (χ1n) is 9.42. The molecule has 166 valence electrons. The number of esters is 1. The predicted molar refractivity (Wildman–Crippen MR) is 113 cm³/mol. The highest BCUT2D eigenvalue weighted by molar-refractivity contribution is 7.89. The van der Waals surface area contributed by atoms with Crippen molar-refractivity contribution in [1.29, 1.82) is 0 Å². The fourth-order valence-electron chi connectivity index (χ4n) is 2.77. The fraction of sp³-hybridized carbons (Fsp3) is 0.300. The van der Waals surface area contributed by atoms with Crippen LogP contribution in [0.25, 0.3) is 0 Å². The fourth-order valence-corrected chi connectivity index (χ4v) is 4.23. The maximum Gasteiger partial charge on any atom is 0.338 e. The molecule has 0 fully saturated rings. The third-order valence-corrected chi connectivity index (χ3v) is 6.52. The zero-order chi connectivity index (χ0) is 23.2. The van der Waals surface area contributed by atoms with Crippen molar-refractivity contribution in [1.82, 2.24) is 4.31 Å². The number of nitro benzene ring substituents is 1. The van der Waals surface area contributed by atoms with Crippen LogP contribution in [0.5, 0.6) is 0 Å². The lowest BCUT2D eigenvalue weighted by molar-refractivity contribution is -0.385. The Morgan fingerprint density at radius 2 is 1.71 bits per heavy atom. The number of nitrogens with zero attached hydrogens (tertiary/aromatic N) is 2. The Hall–Kier alpha value is -3.31. The summed E-state index contributed by atoms with van der Waals surface area (Å²) < 4.78 is 31.2. The zero-order valence-corrected chi connectivity index (χ0v) is 18.1. The molecular weight excluding hydrogens is 426 g/mol. The molecule has 2 aromatic rings. The summed E-state index contributed by atoms with van der Waals surface area (Å²) in [5, 5.41) is 13.4. The third kappa shape index (κ3) is 5.86. The molecule has 0 aliphatic heterocycles. The van der Waals surface area contributed by atoms with Crippen LogP contribution in [-0.4, -0.2) is 49.2 Å². The molecule has 0 spiro atoms. The van der Waals surface area contributed by atoms with E-state index in [1.807, 2.05) is 0 Å². The maximum atomic E-state index is 12.5. The van der Waals surface area contributed by atoms with Gasteiger partial charge in [-0.1, -0.05) is 19.9 Å². The molecule has 2 rings (SSSR count). The van der Waals surface area contributed by atoms with Crippen LogP contribution in [0.3, 0.4) is 0 Å². The second-order valence-electron chi connectivity index (χ2n) is 6.50. The number of aryl methyl sites for hydroxylation is 1. The molecule has 0 saturated heterocycles. The number of amides is 1. The maximum absolute atomic E-state index is 12.5. The molecule has 0 aromatic heterocycles. The molecule has 0 aliphatic carbocycles. The minimum atomic E-state index is -3.65. The van der Waals surface area contributed by atoms with Crippen LogP contribution in [0.2, 0.25) is 0 Å². The SMILES string of the molecule is CCN(CC)S(=O)(=O)c1ccc(C(=O)OCC(=O)Nc2ccc(C)c([N+](=O)[O-])c2)cc1. The van der Waals surface area contributed by atoms with E-state index in [0.717, 1.165) is 0 Å². The first-order valence-corrected chi connectivity index (χ1v) is 10.9. The van der Waals surface area contributed by atoms with Gasteiger partial charge in [-0.3, -0.25) is 14.9 Å². The van der Waals surface area contributed by atoms with Gasteiger partial charge in [0.15, 0.2) is 6.61 Å². The standard InChI is InChI=1S/C20H23N3O7S/c1-4-22(5-2)31(28,29)17-10-7-15(8-11-17)20(25)30-13-19(24)21-16-9-6-14(3)18(12-16)23(26)27/h6-12H,4-5,13H2,1-3H3,(H,21,24). The Morgan fingerprint density at radius 1 is 1.10 bits per heavy atom. The lowest BCUT2D eigenvalue weighted by Crippen LogP contribution is -2.30. The lowest BCUT2D eigenvalue weighted by atomic mass is 10.2. The number of nitrogens with one attached hydrogen (secondary N) is 1. The Kier molecular flexibility index (Phi) is 7.83. The molecule has 31 heavy (non-hydrogen) atoms. The summed E-state index contributed by atoms with van der Waals surface area (Å²) >= 11 is 0. The summed E-state index contributed by atoms with van der Waals surface area (Å²) in [7, 11) is -3.65. The van der Waals surface area contributed by atoms with E-state index in [1.165, 1.54) is 46.8 Å². The van der Waals surface area contributed by atoms with Crippen molar-refractivity contribution < 1.29 is 27.7 Å². The summed E-state index contributed by atoms with van der Waals surface area (Å²) in [6.07, 6.45) is 0. The van der Waals surface area contributed by atoms with Gasteiger partial charge < -0.3 is 10.1 Å². The second-order valence-corrected chi connectivity index (χ2v) is 8.43. The normalized spacial score (nSPS) is 11.2. The molecule has 0 radical (unpaired) electrons. The van der Waals surface area contributed by atoms with E-state index in [9.17, 15) is 28.1 Å². The smallest absolute Gasteiger partial charge is 0.338 e. The molecule has 0 heterocycles. The number of carbonyl (C=O) groups excluding carboxylic acids is 2. The van der Waals surface area contributed by atoms with Gasteiger partial charge in [0.05, 0.1) is 15.4 Å². The number of sulfonamides is 1. The van der Waals surface area contributed by atoms with Crippen LogP contribution in [0.1, 0.15) is 29.8 Å². The molecule has 0 atom stereocenters. The molecule has 10 nitrogen and oxygen atoms in total. The predicted octanol–water partition coefficient (Wildman–Crippen LogP) is 2.73. The third-order valence-electron chi connectivity index (χ3n) is 4.46. The van der Waals surface area contributed by atoms with E-state index < -0.39 is 33.4 Å². The minimum absolute atomic E-state index is 0.0476. The van der Waals surface area contributed by atoms with Gasteiger partial charge in [-0.25, -0.2) is 13.2 Å². The number of carbonyl (C=O) groups is 2. The van der Waals surface area contributed by atoms with Crippen molar-refractivity contribution in [2.45, 2.75) is 25.7 Å². The van der Waals surface area contributed by atoms with Crippen molar-refractivity contribution >= 4 is 33.3 Å². The van der Waals surface area contributed by atoms with Crippen LogP contribution >= 0.6 is 0 Å². The first kappa shape index (κ1) is 24.0. The van der Waals surface area contributed by atoms with Gasteiger partial charge in [0, 0.05) is 30.4 Å². The van der Waals surface area contributed by atoms with Gasteiger partial charge in [-0.15, -0.1) is 0 Å². The summed E-state index contributed by atoms with van der Waals surface area (Å²) in [6.45, 7) is 5.06. The highest BCUT2D eigenvalue weighted by Gasteiger charge is 2.22. The van der Waals surface area contributed by atoms with Gasteiger partial charge in [0.2, 0.25) is 10.0 Å². The summed E-state index contributed by atoms with van der Waals surface area (Å²) in [5.41, 5.74) is 0.581. The molecule has 2 aromatic carbocycles. The monoisotopic (exact) mass is 449 g/mol. The number of rotatable bonds is 9. The van der Waals surface area contributed by atoms with Gasteiger partial charge in [0.1, 0.15) is 0 Å². The summed E-state index contributed by atoms with van der Waals surface area (Å²) in [5.74, 6) is -1.48. The average Bonchev–Trinajstić information content (AvgIpc) is 2.74. The quantitative estimate of drug-likeness (QED) is 0.353. The van der Waals surface area contributed by atoms with Crippen molar-refractivity contribution in [2.24, 2.45) is 0 Å². The van der Waals surface area contributed by atoms with Crippen LogP contribution in [0.4, 0.5) is 11.4 Å². The number of anilines is 1. The van der Waals surface area contributed by atoms with Gasteiger partial charge in [-0.05, 0) is 37.3 Å². The number of nitro groups is 1. The van der Waals surface area contributed by atoms with Crippen LogP contribution < -0.4 is 5.32 Å². The van der Waals surface area contributed by atoms with Crippen LogP contribution in [0, 0.1) is 17.0 Å². The van der Waals surface area contributed by atoms with E-state index in [2.05, 4.69) is 5.32 Å². The molecule has 0 unspecified atom stereocenters. The molecular formula is C20H23N3O7S. The Balaban J connectivity index is 1.99. The largest absolute Gasteiger partial charge is 0.452 e. The number of ether oxygens (including phenoxy) is 1. The van der Waals surface area contributed by atoms with E-state index in [-0.39, 0.29) is 21.8 Å². The molecule has 0 bridgehead atoms.